The summed E-state index contributed by atoms with van der Waals surface area (Å²) in [7, 11) is 0. The average molecular weight is 405 g/mol. The van der Waals surface area contributed by atoms with Gasteiger partial charge in [0.15, 0.2) is 5.13 Å². The SMILES string of the molecule is Cc1c(CCCO)ccc(OCc2sc(F)cc2-c2ccc(Cl)cc2)c1C. The number of thiophene rings is 1. The zero-order valence-corrected chi connectivity index (χ0v) is 17.0. The molecule has 0 atom stereocenters. The number of hydrogen-bond donors (Lipinski definition) is 1. The Morgan fingerprint density at radius 1 is 1.07 bits per heavy atom. The monoisotopic (exact) mass is 404 g/mol. The van der Waals surface area contributed by atoms with Crippen molar-refractivity contribution in [1.82, 2.24) is 0 Å². The Morgan fingerprint density at radius 2 is 1.81 bits per heavy atom. The molecule has 0 unspecified atom stereocenters. The number of halogens is 2. The number of aliphatic hydroxyl groups is 1. The Bertz CT molecular complexity index is 919. The minimum Gasteiger partial charge on any atom is -0.488 e. The first-order valence-corrected chi connectivity index (χ1v) is 10.1. The highest BCUT2D eigenvalue weighted by molar-refractivity contribution is 7.10. The highest BCUT2D eigenvalue weighted by Gasteiger charge is 2.13. The summed E-state index contributed by atoms with van der Waals surface area (Å²) in [6, 6.07) is 12.9. The lowest BCUT2D eigenvalue weighted by atomic mass is 9.99. The van der Waals surface area contributed by atoms with Crippen molar-refractivity contribution in [3.63, 3.8) is 0 Å². The van der Waals surface area contributed by atoms with Crippen LogP contribution in [-0.2, 0) is 13.0 Å². The van der Waals surface area contributed by atoms with Crippen LogP contribution in [0, 0.1) is 19.0 Å². The van der Waals surface area contributed by atoms with Crippen LogP contribution in [0.1, 0.15) is 28.0 Å². The molecule has 142 valence electrons. The molecule has 27 heavy (non-hydrogen) atoms. The van der Waals surface area contributed by atoms with Gasteiger partial charge in [-0.1, -0.05) is 29.8 Å². The van der Waals surface area contributed by atoms with E-state index in [0.717, 1.165) is 51.5 Å². The van der Waals surface area contributed by atoms with Gasteiger partial charge in [0.05, 0.1) is 4.88 Å². The third kappa shape index (κ3) is 4.70. The molecule has 0 aliphatic rings. The molecule has 1 heterocycles. The Hall–Kier alpha value is -1.88. The lowest BCUT2D eigenvalue weighted by Crippen LogP contribution is -2.01. The van der Waals surface area contributed by atoms with Crippen LogP contribution >= 0.6 is 22.9 Å². The fourth-order valence-electron chi connectivity index (χ4n) is 3.07. The second kappa shape index (κ2) is 8.87. The number of benzene rings is 2. The number of rotatable bonds is 7. The minimum atomic E-state index is -0.231. The van der Waals surface area contributed by atoms with Crippen molar-refractivity contribution in [3.8, 4) is 16.9 Å². The lowest BCUT2D eigenvalue weighted by Gasteiger charge is -2.14. The first kappa shape index (κ1) is 19.9. The molecule has 3 rings (SSSR count). The van der Waals surface area contributed by atoms with E-state index in [0.29, 0.717) is 11.6 Å². The summed E-state index contributed by atoms with van der Waals surface area (Å²) in [6.45, 7) is 4.60. The van der Waals surface area contributed by atoms with Gasteiger partial charge in [-0.3, -0.25) is 0 Å². The van der Waals surface area contributed by atoms with Crippen molar-refractivity contribution in [1.29, 1.82) is 0 Å². The number of aryl methyl sites for hydroxylation is 1. The molecule has 2 aromatic carbocycles. The molecular weight excluding hydrogens is 383 g/mol. The minimum absolute atomic E-state index is 0.189. The molecule has 0 saturated carbocycles. The molecule has 2 nitrogen and oxygen atoms in total. The lowest BCUT2D eigenvalue weighted by molar-refractivity contribution is 0.288. The van der Waals surface area contributed by atoms with E-state index in [2.05, 4.69) is 6.92 Å². The van der Waals surface area contributed by atoms with Crippen LogP contribution in [0.2, 0.25) is 5.02 Å². The van der Waals surface area contributed by atoms with E-state index in [1.807, 2.05) is 31.2 Å². The van der Waals surface area contributed by atoms with Gasteiger partial charge in [-0.2, -0.15) is 4.39 Å². The van der Waals surface area contributed by atoms with Crippen LogP contribution in [0.25, 0.3) is 11.1 Å². The largest absolute Gasteiger partial charge is 0.488 e. The van der Waals surface area contributed by atoms with Crippen molar-refractivity contribution in [2.45, 2.75) is 33.3 Å². The van der Waals surface area contributed by atoms with Crippen LogP contribution in [0.4, 0.5) is 4.39 Å². The van der Waals surface area contributed by atoms with E-state index in [4.69, 9.17) is 21.4 Å². The summed E-state index contributed by atoms with van der Waals surface area (Å²) in [6.07, 6.45) is 1.60. The molecule has 1 N–H and O–H groups in total. The Balaban J connectivity index is 1.79. The second-order valence-corrected chi connectivity index (χ2v) is 8.01. The van der Waals surface area contributed by atoms with Crippen molar-refractivity contribution >= 4 is 22.9 Å². The third-order valence-corrected chi connectivity index (χ3v) is 5.90. The van der Waals surface area contributed by atoms with E-state index >= 15 is 0 Å². The van der Waals surface area contributed by atoms with Crippen LogP contribution < -0.4 is 4.74 Å². The molecule has 3 aromatic rings. The van der Waals surface area contributed by atoms with Crippen LogP contribution in [0.5, 0.6) is 5.75 Å². The van der Waals surface area contributed by atoms with Gasteiger partial charge in [0, 0.05) is 17.2 Å². The maximum Gasteiger partial charge on any atom is 0.177 e. The first-order valence-electron chi connectivity index (χ1n) is 8.86. The molecule has 0 aliphatic heterocycles. The molecule has 0 spiro atoms. The summed E-state index contributed by atoms with van der Waals surface area (Å²) in [5.74, 6) is 0.802. The van der Waals surface area contributed by atoms with Crippen LogP contribution in [-0.4, -0.2) is 11.7 Å². The summed E-state index contributed by atoms with van der Waals surface area (Å²) in [5.41, 5.74) is 5.23. The second-order valence-electron chi connectivity index (χ2n) is 6.48. The zero-order chi connectivity index (χ0) is 19.4. The molecular formula is C22H22ClFO2S. The fourth-order valence-corrected chi connectivity index (χ4v) is 4.01. The summed E-state index contributed by atoms with van der Waals surface area (Å²) < 4.78 is 19.9. The maximum atomic E-state index is 13.9. The highest BCUT2D eigenvalue weighted by atomic mass is 35.5. The standard InChI is InChI=1S/C22H22ClFO2S/c1-14-15(2)20(10-7-16(14)4-3-11-25)26-13-21-19(12-22(24)27-21)17-5-8-18(23)9-6-17/h5-10,12,25H,3-4,11,13H2,1-2H3. The quantitative estimate of drug-likeness (QED) is 0.498. The van der Waals surface area contributed by atoms with E-state index < -0.39 is 0 Å². The van der Waals surface area contributed by atoms with Gasteiger partial charge in [-0.05, 0) is 73.2 Å². The summed E-state index contributed by atoms with van der Waals surface area (Å²) >= 11 is 7.06. The highest BCUT2D eigenvalue weighted by Crippen LogP contribution is 2.33. The number of ether oxygens (including phenoxy) is 1. The average Bonchev–Trinajstić information content (AvgIpc) is 3.03. The van der Waals surface area contributed by atoms with Gasteiger partial charge < -0.3 is 9.84 Å². The van der Waals surface area contributed by atoms with Gasteiger partial charge in [-0.25, -0.2) is 0 Å². The van der Waals surface area contributed by atoms with E-state index in [9.17, 15) is 4.39 Å². The van der Waals surface area contributed by atoms with Gasteiger partial charge in [0.25, 0.3) is 0 Å². The van der Waals surface area contributed by atoms with E-state index in [-0.39, 0.29) is 11.7 Å². The topological polar surface area (TPSA) is 29.5 Å². The van der Waals surface area contributed by atoms with E-state index in [1.165, 1.54) is 11.1 Å². The summed E-state index contributed by atoms with van der Waals surface area (Å²) in [4.78, 5) is 0.844. The normalized spacial score (nSPS) is 11.0. The molecule has 0 aliphatic carbocycles. The zero-order valence-electron chi connectivity index (χ0n) is 15.4. The number of aliphatic hydroxyl groups excluding tert-OH is 1. The number of hydrogen-bond acceptors (Lipinski definition) is 3. The van der Waals surface area contributed by atoms with Crippen molar-refractivity contribution < 1.29 is 14.2 Å². The predicted molar refractivity (Wildman–Crippen MR) is 110 cm³/mol. The molecule has 0 bridgehead atoms. The van der Waals surface area contributed by atoms with Crippen molar-refractivity contribution in [2.24, 2.45) is 0 Å². The van der Waals surface area contributed by atoms with Gasteiger partial charge in [0.1, 0.15) is 12.4 Å². The van der Waals surface area contributed by atoms with Crippen LogP contribution in [0.3, 0.4) is 0 Å². The first-order chi connectivity index (χ1) is 13.0. The van der Waals surface area contributed by atoms with Gasteiger partial charge in [-0.15, -0.1) is 11.3 Å². The molecule has 0 amide bonds. The molecule has 0 fully saturated rings. The van der Waals surface area contributed by atoms with Crippen molar-refractivity contribution in [2.75, 3.05) is 6.61 Å². The maximum absolute atomic E-state index is 13.9. The Labute approximate surface area is 168 Å². The molecule has 5 heteroatoms. The molecule has 0 saturated heterocycles. The van der Waals surface area contributed by atoms with Gasteiger partial charge in [0.2, 0.25) is 0 Å². The Kier molecular flexibility index (Phi) is 6.53. The fraction of sp³-hybridized carbons (Fsp3) is 0.273. The van der Waals surface area contributed by atoms with Crippen molar-refractivity contribution in [3.05, 3.63) is 74.2 Å². The van der Waals surface area contributed by atoms with E-state index in [1.54, 1.807) is 18.2 Å². The smallest absolute Gasteiger partial charge is 0.177 e. The van der Waals surface area contributed by atoms with Gasteiger partial charge >= 0.3 is 0 Å². The molecule has 0 radical (unpaired) electrons. The molecule has 1 aromatic heterocycles. The van der Waals surface area contributed by atoms with Crippen LogP contribution in [0.15, 0.2) is 42.5 Å². The Morgan fingerprint density at radius 3 is 2.52 bits per heavy atom. The predicted octanol–water partition coefficient (Wildman–Crippen LogP) is 6.33. The third-order valence-electron chi connectivity index (χ3n) is 4.75. The summed E-state index contributed by atoms with van der Waals surface area (Å²) in [5, 5.41) is 9.45.